The normalized spacial score (nSPS) is 24.4. The molecule has 1 aliphatic heterocycles. The Bertz CT molecular complexity index is 655. The minimum absolute atomic E-state index is 0.144. The van der Waals surface area contributed by atoms with E-state index >= 15 is 0 Å². The van der Waals surface area contributed by atoms with Gasteiger partial charge in [0, 0.05) is 25.2 Å². The Morgan fingerprint density at radius 2 is 1.79 bits per heavy atom. The standard InChI is InChI=1S/C20H26N2O2/c1-16-4-6-17(7-5-16)14-20(21(2)3)15-18(8-9-19(20)23)22-10-12-24-13-11-22/h4-9,15H,10-14H2,1-3H3. The van der Waals surface area contributed by atoms with Gasteiger partial charge >= 0.3 is 0 Å². The van der Waals surface area contributed by atoms with Crippen molar-refractivity contribution < 1.29 is 9.53 Å². The third-order valence-electron chi connectivity index (χ3n) is 4.99. The van der Waals surface area contributed by atoms with Crippen LogP contribution in [0.3, 0.4) is 0 Å². The maximum atomic E-state index is 12.8. The first-order valence-electron chi connectivity index (χ1n) is 8.52. The molecule has 0 bridgehead atoms. The molecule has 4 nitrogen and oxygen atoms in total. The van der Waals surface area contributed by atoms with Crippen LogP contribution in [0.4, 0.5) is 0 Å². The Morgan fingerprint density at radius 3 is 2.42 bits per heavy atom. The third-order valence-corrected chi connectivity index (χ3v) is 4.99. The van der Waals surface area contributed by atoms with Crippen LogP contribution in [-0.4, -0.2) is 61.5 Å². The van der Waals surface area contributed by atoms with Gasteiger partial charge in [0.2, 0.25) is 0 Å². The van der Waals surface area contributed by atoms with Gasteiger partial charge in [-0.15, -0.1) is 0 Å². The van der Waals surface area contributed by atoms with Crippen molar-refractivity contribution in [3.8, 4) is 0 Å². The lowest BCUT2D eigenvalue weighted by Crippen LogP contribution is -2.53. The molecule has 1 unspecified atom stereocenters. The van der Waals surface area contributed by atoms with E-state index in [2.05, 4.69) is 42.2 Å². The zero-order chi connectivity index (χ0) is 17.2. The van der Waals surface area contributed by atoms with Gasteiger partial charge in [0.1, 0.15) is 5.54 Å². The van der Waals surface area contributed by atoms with Gasteiger partial charge in [-0.1, -0.05) is 29.8 Å². The molecule has 128 valence electrons. The molecular weight excluding hydrogens is 300 g/mol. The first kappa shape index (κ1) is 16.9. The number of carbonyl (C=O) groups is 1. The summed E-state index contributed by atoms with van der Waals surface area (Å²) < 4.78 is 5.45. The number of ketones is 1. The molecule has 0 aromatic heterocycles. The minimum Gasteiger partial charge on any atom is -0.378 e. The molecule has 4 heteroatoms. The summed E-state index contributed by atoms with van der Waals surface area (Å²) >= 11 is 0. The second kappa shape index (κ2) is 6.91. The van der Waals surface area contributed by atoms with Crippen LogP contribution in [0.15, 0.2) is 48.2 Å². The maximum Gasteiger partial charge on any atom is 0.180 e. The highest BCUT2D eigenvalue weighted by atomic mass is 16.5. The van der Waals surface area contributed by atoms with E-state index in [0.717, 1.165) is 32.0 Å². The van der Waals surface area contributed by atoms with Gasteiger partial charge < -0.3 is 9.64 Å². The van der Waals surface area contributed by atoms with Crippen molar-refractivity contribution in [3.05, 3.63) is 59.3 Å². The molecule has 0 spiro atoms. The summed E-state index contributed by atoms with van der Waals surface area (Å²) in [6.45, 7) is 5.31. The first-order chi connectivity index (χ1) is 11.5. The molecule has 1 heterocycles. The number of hydrogen-bond donors (Lipinski definition) is 0. The second-order valence-corrected chi connectivity index (χ2v) is 6.85. The Kier molecular flexibility index (Phi) is 4.88. The van der Waals surface area contributed by atoms with Crippen molar-refractivity contribution in [1.29, 1.82) is 0 Å². The summed E-state index contributed by atoms with van der Waals surface area (Å²) in [7, 11) is 3.97. The van der Waals surface area contributed by atoms with Crippen LogP contribution in [-0.2, 0) is 16.0 Å². The van der Waals surface area contributed by atoms with Crippen LogP contribution in [0.25, 0.3) is 0 Å². The average Bonchev–Trinajstić information content (AvgIpc) is 2.59. The molecule has 1 aliphatic carbocycles. The van der Waals surface area contributed by atoms with Crippen LogP contribution < -0.4 is 0 Å². The van der Waals surface area contributed by atoms with E-state index in [1.54, 1.807) is 6.08 Å². The SMILES string of the molecule is Cc1ccc(CC2(N(C)C)C=C(N3CCOCC3)C=CC2=O)cc1. The van der Waals surface area contributed by atoms with E-state index in [1.165, 1.54) is 11.1 Å². The number of likely N-dealkylation sites (N-methyl/N-ethyl adjacent to an activating group) is 1. The van der Waals surface area contributed by atoms with Gasteiger partial charge in [0.15, 0.2) is 5.78 Å². The van der Waals surface area contributed by atoms with E-state index in [4.69, 9.17) is 4.74 Å². The van der Waals surface area contributed by atoms with Crippen LogP contribution in [0.1, 0.15) is 11.1 Å². The Hall–Kier alpha value is -1.91. The molecule has 1 saturated heterocycles. The molecule has 24 heavy (non-hydrogen) atoms. The molecule has 0 N–H and O–H groups in total. The number of nitrogens with zero attached hydrogens (tertiary/aromatic N) is 2. The molecule has 3 rings (SSSR count). The van der Waals surface area contributed by atoms with Crippen molar-refractivity contribution in [2.75, 3.05) is 40.4 Å². The van der Waals surface area contributed by atoms with Crippen LogP contribution >= 0.6 is 0 Å². The lowest BCUT2D eigenvalue weighted by Gasteiger charge is -2.40. The first-order valence-corrected chi connectivity index (χ1v) is 8.52. The van der Waals surface area contributed by atoms with Gasteiger partial charge in [-0.05, 0) is 44.8 Å². The van der Waals surface area contributed by atoms with Gasteiger partial charge in [-0.25, -0.2) is 0 Å². The highest BCUT2D eigenvalue weighted by Gasteiger charge is 2.40. The fourth-order valence-corrected chi connectivity index (χ4v) is 3.35. The van der Waals surface area contributed by atoms with Crippen molar-refractivity contribution in [2.24, 2.45) is 0 Å². The monoisotopic (exact) mass is 326 g/mol. The Morgan fingerprint density at radius 1 is 1.12 bits per heavy atom. The molecule has 0 radical (unpaired) electrons. The Balaban J connectivity index is 1.93. The Labute approximate surface area is 144 Å². The van der Waals surface area contributed by atoms with E-state index in [0.29, 0.717) is 6.42 Å². The lowest BCUT2D eigenvalue weighted by molar-refractivity contribution is -0.122. The fourth-order valence-electron chi connectivity index (χ4n) is 3.35. The van der Waals surface area contributed by atoms with Crippen LogP contribution in [0.5, 0.6) is 0 Å². The van der Waals surface area contributed by atoms with Gasteiger partial charge in [0.25, 0.3) is 0 Å². The molecule has 1 fully saturated rings. The number of carbonyl (C=O) groups excluding carboxylic acids is 1. The van der Waals surface area contributed by atoms with Gasteiger partial charge in [-0.2, -0.15) is 0 Å². The summed E-state index contributed by atoms with van der Waals surface area (Å²) in [5.41, 5.74) is 2.91. The number of benzene rings is 1. The van der Waals surface area contributed by atoms with E-state index in [9.17, 15) is 4.79 Å². The largest absolute Gasteiger partial charge is 0.378 e. The third kappa shape index (κ3) is 3.30. The molecule has 0 amide bonds. The summed E-state index contributed by atoms with van der Waals surface area (Å²) in [5, 5.41) is 0. The maximum absolute atomic E-state index is 12.8. The molecule has 1 atom stereocenters. The highest BCUT2D eigenvalue weighted by Crippen LogP contribution is 2.29. The van der Waals surface area contributed by atoms with Crippen molar-refractivity contribution >= 4 is 5.78 Å². The van der Waals surface area contributed by atoms with Crippen molar-refractivity contribution in [3.63, 3.8) is 0 Å². The minimum atomic E-state index is -0.627. The van der Waals surface area contributed by atoms with E-state index in [-0.39, 0.29) is 5.78 Å². The molecule has 0 saturated carbocycles. The molecular formula is C20H26N2O2. The predicted molar refractivity (Wildman–Crippen MR) is 95.9 cm³/mol. The zero-order valence-corrected chi connectivity index (χ0v) is 14.8. The average molecular weight is 326 g/mol. The van der Waals surface area contributed by atoms with E-state index in [1.807, 2.05) is 25.1 Å². The number of ether oxygens (including phenoxy) is 1. The second-order valence-electron chi connectivity index (χ2n) is 6.85. The van der Waals surface area contributed by atoms with Crippen LogP contribution in [0.2, 0.25) is 0 Å². The van der Waals surface area contributed by atoms with Crippen molar-refractivity contribution in [1.82, 2.24) is 9.80 Å². The predicted octanol–water partition coefficient (Wildman–Crippen LogP) is 2.19. The summed E-state index contributed by atoms with van der Waals surface area (Å²) in [6, 6.07) is 8.45. The number of morpholine rings is 1. The summed E-state index contributed by atoms with van der Waals surface area (Å²) in [6.07, 6.45) is 6.50. The summed E-state index contributed by atoms with van der Waals surface area (Å²) in [5.74, 6) is 0.144. The number of rotatable bonds is 4. The van der Waals surface area contributed by atoms with E-state index < -0.39 is 5.54 Å². The smallest absolute Gasteiger partial charge is 0.180 e. The zero-order valence-electron chi connectivity index (χ0n) is 14.8. The lowest BCUT2D eigenvalue weighted by atomic mass is 9.81. The summed E-state index contributed by atoms with van der Waals surface area (Å²) in [4.78, 5) is 17.2. The fraction of sp³-hybridized carbons (Fsp3) is 0.450. The number of aryl methyl sites for hydroxylation is 1. The molecule has 2 aliphatic rings. The molecule has 1 aromatic carbocycles. The number of hydrogen-bond acceptors (Lipinski definition) is 4. The molecule has 1 aromatic rings. The van der Waals surface area contributed by atoms with Crippen molar-refractivity contribution in [2.45, 2.75) is 18.9 Å². The quantitative estimate of drug-likeness (QED) is 0.849. The topological polar surface area (TPSA) is 32.8 Å². The van der Waals surface area contributed by atoms with Crippen LogP contribution in [0, 0.1) is 6.92 Å². The highest BCUT2D eigenvalue weighted by molar-refractivity contribution is 6.01. The van der Waals surface area contributed by atoms with Gasteiger partial charge in [-0.3, -0.25) is 9.69 Å². The van der Waals surface area contributed by atoms with Gasteiger partial charge in [0.05, 0.1) is 13.2 Å². The number of allylic oxidation sites excluding steroid dienone is 1.